The van der Waals surface area contributed by atoms with Crippen LogP contribution in [0.1, 0.15) is 165 Å². The Morgan fingerprint density at radius 1 is 0.696 bits per heavy atom. The SMILES string of the molecule is CCCCC/C=C\C/C=C\CCCCCCCC(=O)OCc1cc(COC(=O)CC23CC4CC(CC(C4)C2)C3)cc(COC(=O)OCC2CCCN(CC)C2)c1. The molecule has 0 N–H and O–H groups in total. The van der Waals surface area contributed by atoms with Gasteiger partial charge in [0.1, 0.15) is 19.8 Å². The first-order chi connectivity index (χ1) is 27.3. The second kappa shape index (κ2) is 23.9. The molecule has 1 aliphatic heterocycles. The van der Waals surface area contributed by atoms with Gasteiger partial charge in [-0.15, -0.1) is 0 Å². The second-order valence-corrected chi connectivity index (χ2v) is 17.8. The molecule has 8 nitrogen and oxygen atoms in total. The molecule has 1 aromatic rings. The quantitative estimate of drug-likeness (QED) is 0.0420. The lowest BCUT2D eigenvalue weighted by Gasteiger charge is -2.56. The monoisotopic (exact) mass is 776 g/mol. The maximum atomic E-state index is 13.2. The predicted molar refractivity (Wildman–Crippen MR) is 222 cm³/mol. The van der Waals surface area contributed by atoms with Crippen molar-refractivity contribution in [3.63, 3.8) is 0 Å². The molecule has 1 saturated heterocycles. The molecular formula is C48H73NO7. The van der Waals surface area contributed by atoms with Crippen LogP contribution < -0.4 is 0 Å². The molecule has 0 amide bonds. The summed E-state index contributed by atoms with van der Waals surface area (Å²) in [6.45, 7) is 8.05. The van der Waals surface area contributed by atoms with E-state index in [9.17, 15) is 14.4 Å². The average Bonchev–Trinajstić information content (AvgIpc) is 3.18. The van der Waals surface area contributed by atoms with Crippen molar-refractivity contribution < 1.29 is 33.3 Å². The van der Waals surface area contributed by atoms with Gasteiger partial charge in [-0.3, -0.25) is 9.59 Å². The first kappa shape index (κ1) is 44.0. The van der Waals surface area contributed by atoms with Crippen LogP contribution in [-0.4, -0.2) is 49.2 Å². The Hall–Kier alpha value is -3.13. The maximum absolute atomic E-state index is 13.2. The summed E-state index contributed by atoms with van der Waals surface area (Å²) >= 11 is 0. The van der Waals surface area contributed by atoms with Crippen LogP contribution >= 0.6 is 0 Å². The molecule has 5 aliphatic rings. The van der Waals surface area contributed by atoms with Crippen molar-refractivity contribution >= 4 is 18.1 Å². The number of carbonyl (C=O) groups excluding carboxylic acids is 3. The van der Waals surface area contributed by atoms with Gasteiger partial charge in [-0.1, -0.05) is 70.3 Å². The van der Waals surface area contributed by atoms with E-state index in [1.165, 1.54) is 77.0 Å². The van der Waals surface area contributed by atoms with Crippen LogP contribution in [-0.2, 0) is 48.4 Å². The normalized spacial score (nSPS) is 24.5. The summed E-state index contributed by atoms with van der Waals surface area (Å²) in [5, 5.41) is 0. The minimum absolute atomic E-state index is 0.0204. The van der Waals surface area contributed by atoms with E-state index in [2.05, 4.69) is 43.1 Å². The highest BCUT2D eigenvalue weighted by atomic mass is 16.7. The van der Waals surface area contributed by atoms with Gasteiger partial charge < -0.3 is 23.8 Å². The largest absolute Gasteiger partial charge is 0.508 e. The lowest BCUT2D eigenvalue weighted by atomic mass is 9.49. The van der Waals surface area contributed by atoms with Crippen LogP contribution in [0.4, 0.5) is 4.79 Å². The van der Waals surface area contributed by atoms with E-state index in [1.54, 1.807) is 0 Å². The van der Waals surface area contributed by atoms with E-state index in [1.807, 2.05) is 18.2 Å². The molecular weight excluding hydrogens is 703 g/mol. The molecule has 8 heteroatoms. The zero-order valence-electron chi connectivity index (χ0n) is 35.0. The second-order valence-electron chi connectivity index (χ2n) is 17.8. The Bertz CT molecular complexity index is 1380. The molecule has 0 spiro atoms. The molecule has 1 aromatic carbocycles. The van der Waals surface area contributed by atoms with Crippen molar-refractivity contribution in [2.45, 2.75) is 169 Å². The van der Waals surface area contributed by atoms with Crippen molar-refractivity contribution in [2.75, 3.05) is 26.2 Å². The molecule has 4 bridgehead atoms. The van der Waals surface area contributed by atoms with Crippen LogP contribution in [0.3, 0.4) is 0 Å². The van der Waals surface area contributed by atoms with Gasteiger partial charge in [0.15, 0.2) is 0 Å². The molecule has 0 radical (unpaired) electrons. The summed E-state index contributed by atoms with van der Waals surface area (Å²) in [5.74, 6) is 2.32. The fraction of sp³-hybridized carbons (Fsp3) is 0.729. The van der Waals surface area contributed by atoms with E-state index in [4.69, 9.17) is 18.9 Å². The molecule has 1 heterocycles. The average molecular weight is 776 g/mol. The lowest BCUT2D eigenvalue weighted by Crippen LogP contribution is -2.47. The zero-order valence-corrected chi connectivity index (χ0v) is 35.0. The fourth-order valence-corrected chi connectivity index (χ4v) is 10.4. The molecule has 6 rings (SSSR count). The van der Waals surface area contributed by atoms with Crippen LogP contribution in [0.5, 0.6) is 0 Å². The molecule has 0 aromatic heterocycles. The summed E-state index contributed by atoms with van der Waals surface area (Å²) in [5.41, 5.74) is 2.43. The Kier molecular flexibility index (Phi) is 18.8. The van der Waals surface area contributed by atoms with Gasteiger partial charge in [0, 0.05) is 18.9 Å². The highest BCUT2D eigenvalue weighted by Gasteiger charge is 2.51. The van der Waals surface area contributed by atoms with E-state index in [0.717, 1.165) is 99.0 Å². The molecule has 56 heavy (non-hydrogen) atoms. The number of rotatable bonds is 25. The summed E-state index contributed by atoms with van der Waals surface area (Å²) in [7, 11) is 0. The van der Waals surface area contributed by atoms with Gasteiger partial charge in [-0.25, -0.2) is 4.79 Å². The number of allylic oxidation sites excluding steroid dienone is 4. The van der Waals surface area contributed by atoms with E-state index in [-0.39, 0.29) is 37.2 Å². The summed E-state index contributed by atoms with van der Waals surface area (Å²) in [6.07, 6.45) is 31.5. The number of hydrogen-bond donors (Lipinski definition) is 0. The van der Waals surface area contributed by atoms with Gasteiger partial charge >= 0.3 is 18.1 Å². The summed E-state index contributed by atoms with van der Waals surface area (Å²) < 4.78 is 22.6. The standard InChI is InChI=1S/C48H73NO7/c1-3-5-6-7-8-9-10-11-12-13-14-15-16-17-18-21-45(50)53-35-42-26-43(36-54-46(51)32-48-29-39-23-40(30-48)25-41(24-39)31-48)28-44(27-42)37-56-47(52)55-34-38-20-19-22-49(4-2)33-38/h8-9,11-12,26-28,38-41H,3-7,10,13-25,29-37H2,1-2H3/b9-8-,12-11-. The fourth-order valence-electron chi connectivity index (χ4n) is 10.4. The van der Waals surface area contributed by atoms with Crippen LogP contribution in [0.15, 0.2) is 42.5 Å². The number of benzene rings is 1. The van der Waals surface area contributed by atoms with Crippen molar-refractivity contribution in [3.8, 4) is 0 Å². The maximum Gasteiger partial charge on any atom is 0.508 e. The topological polar surface area (TPSA) is 91.4 Å². The van der Waals surface area contributed by atoms with E-state index >= 15 is 0 Å². The lowest BCUT2D eigenvalue weighted by molar-refractivity contribution is -0.153. The van der Waals surface area contributed by atoms with Crippen LogP contribution in [0.2, 0.25) is 0 Å². The highest BCUT2D eigenvalue weighted by Crippen LogP contribution is 2.61. The number of esters is 2. The van der Waals surface area contributed by atoms with Crippen molar-refractivity contribution in [1.29, 1.82) is 0 Å². The number of likely N-dealkylation sites (tertiary alicyclic amines) is 1. The van der Waals surface area contributed by atoms with E-state index < -0.39 is 6.16 Å². The third-order valence-corrected chi connectivity index (χ3v) is 12.8. The Morgan fingerprint density at radius 3 is 1.89 bits per heavy atom. The van der Waals surface area contributed by atoms with Crippen molar-refractivity contribution in [3.05, 3.63) is 59.2 Å². The third-order valence-electron chi connectivity index (χ3n) is 12.8. The first-order valence-electron chi connectivity index (χ1n) is 22.6. The minimum atomic E-state index is -0.684. The smallest absolute Gasteiger partial charge is 0.461 e. The number of nitrogens with zero attached hydrogens (tertiary/aromatic N) is 1. The molecule has 4 aliphatic carbocycles. The van der Waals surface area contributed by atoms with Gasteiger partial charge in [-0.05, 0) is 161 Å². The first-order valence-corrected chi connectivity index (χ1v) is 22.6. The highest BCUT2D eigenvalue weighted by molar-refractivity contribution is 5.70. The van der Waals surface area contributed by atoms with Crippen molar-refractivity contribution in [2.24, 2.45) is 29.1 Å². The Balaban J connectivity index is 1.03. The van der Waals surface area contributed by atoms with Crippen LogP contribution in [0.25, 0.3) is 0 Å². The molecule has 312 valence electrons. The van der Waals surface area contributed by atoms with Gasteiger partial charge in [0.2, 0.25) is 0 Å². The van der Waals surface area contributed by atoms with Gasteiger partial charge in [-0.2, -0.15) is 0 Å². The summed E-state index contributed by atoms with van der Waals surface area (Å²) in [6, 6.07) is 5.72. The number of hydrogen-bond acceptors (Lipinski definition) is 8. The molecule has 5 fully saturated rings. The zero-order chi connectivity index (χ0) is 39.4. The third kappa shape index (κ3) is 15.7. The van der Waals surface area contributed by atoms with E-state index in [0.29, 0.717) is 25.4 Å². The predicted octanol–water partition coefficient (Wildman–Crippen LogP) is 11.6. The van der Waals surface area contributed by atoms with Gasteiger partial charge in [0.05, 0.1) is 13.0 Å². The minimum Gasteiger partial charge on any atom is -0.461 e. The molecule has 4 saturated carbocycles. The number of piperidine rings is 1. The number of unbranched alkanes of at least 4 members (excludes halogenated alkanes) is 8. The Morgan fingerprint density at radius 2 is 1.27 bits per heavy atom. The van der Waals surface area contributed by atoms with Crippen molar-refractivity contribution in [1.82, 2.24) is 4.90 Å². The summed E-state index contributed by atoms with van der Waals surface area (Å²) in [4.78, 5) is 40.9. The van der Waals surface area contributed by atoms with Crippen LogP contribution in [0, 0.1) is 29.1 Å². The number of ether oxygens (including phenoxy) is 4. The Labute approximate surface area is 338 Å². The van der Waals surface area contributed by atoms with Gasteiger partial charge in [0.25, 0.3) is 0 Å². The number of carbonyl (C=O) groups is 3. The molecule has 1 unspecified atom stereocenters. The molecule has 1 atom stereocenters.